The van der Waals surface area contributed by atoms with E-state index in [1.165, 1.54) is 25.9 Å². The monoisotopic (exact) mass is 285 g/mol. The Bertz CT molecular complexity index is 294. The molecule has 1 fully saturated rings. The van der Waals surface area contributed by atoms with E-state index in [1.54, 1.807) is 0 Å². The molecule has 0 aromatic carbocycles. The standard InChI is InChI=1S/C15H31N3O2/c1-12(17-14(19)20-15(2,3)4)6-9-16-13-7-10-18(5)11-8-13/h12-13,16H,6-11H2,1-5H3,(H,17,19). The van der Waals surface area contributed by atoms with Crippen LogP contribution in [0.15, 0.2) is 0 Å². The van der Waals surface area contributed by atoms with Crippen LogP contribution in [-0.2, 0) is 4.74 Å². The lowest BCUT2D eigenvalue weighted by molar-refractivity contribution is 0.0506. The molecule has 0 aromatic rings. The summed E-state index contributed by atoms with van der Waals surface area (Å²) in [6, 6.07) is 0.753. The first-order valence-electron chi connectivity index (χ1n) is 7.68. The molecule has 0 aliphatic carbocycles. The number of piperidine rings is 1. The number of nitrogens with one attached hydrogen (secondary N) is 2. The van der Waals surface area contributed by atoms with Crippen molar-refractivity contribution in [3.8, 4) is 0 Å². The Morgan fingerprint density at radius 1 is 1.35 bits per heavy atom. The predicted molar refractivity (Wildman–Crippen MR) is 82.0 cm³/mol. The minimum atomic E-state index is -0.434. The summed E-state index contributed by atoms with van der Waals surface area (Å²) in [4.78, 5) is 14.0. The lowest BCUT2D eigenvalue weighted by Crippen LogP contribution is -2.43. The highest BCUT2D eigenvalue weighted by Gasteiger charge is 2.18. The van der Waals surface area contributed by atoms with Gasteiger partial charge in [0.1, 0.15) is 5.60 Å². The maximum atomic E-state index is 11.6. The maximum Gasteiger partial charge on any atom is 0.407 e. The summed E-state index contributed by atoms with van der Waals surface area (Å²) in [7, 11) is 2.17. The zero-order valence-corrected chi connectivity index (χ0v) is 13.7. The highest BCUT2D eigenvalue weighted by atomic mass is 16.6. The smallest absolute Gasteiger partial charge is 0.407 e. The molecule has 1 atom stereocenters. The minimum Gasteiger partial charge on any atom is -0.444 e. The van der Waals surface area contributed by atoms with Crippen LogP contribution in [-0.4, -0.2) is 55.4 Å². The number of ether oxygens (including phenoxy) is 1. The molecule has 118 valence electrons. The van der Waals surface area contributed by atoms with Crippen LogP contribution in [0.25, 0.3) is 0 Å². The van der Waals surface area contributed by atoms with Gasteiger partial charge in [0.05, 0.1) is 0 Å². The Labute approximate surface area is 123 Å². The number of amides is 1. The van der Waals surface area contributed by atoms with Gasteiger partial charge < -0.3 is 20.3 Å². The molecule has 5 nitrogen and oxygen atoms in total. The second-order valence-electron chi connectivity index (χ2n) is 6.87. The first-order valence-corrected chi connectivity index (χ1v) is 7.68. The van der Waals surface area contributed by atoms with Gasteiger partial charge in [0.25, 0.3) is 0 Å². The fourth-order valence-electron chi connectivity index (χ4n) is 2.30. The van der Waals surface area contributed by atoms with Crippen LogP contribution < -0.4 is 10.6 Å². The first-order chi connectivity index (χ1) is 9.26. The van der Waals surface area contributed by atoms with Crippen LogP contribution in [0.1, 0.15) is 47.0 Å². The molecular weight excluding hydrogens is 254 g/mol. The first kappa shape index (κ1) is 17.2. The van der Waals surface area contributed by atoms with Crippen molar-refractivity contribution in [2.75, 3.05) is 26.7 Å². The third-order valence-electron chi connectivity index (χ3n) is 3.49. The Balaban J connectivity index is 2.11. The Morgan fingerprint density at radius 2 is 1.95 bits per heavy atom. The lowest BCUT2D eigenvalue weighted by atomic mass is 10.1. The quantitative estimate of drug-likeness (QED) is 0.811. The molecule has 2 N–H and O–H groups in total. The van der Waals surface area contributed by atoms with Gasteiger partial charge in [0, 0.05) is 12.1 Å². The molecule has 20 heavy (non-hydrogen) atoms. The fraction of sp³-hybridized carbons (Fsp3) is 0.933. The second-order valence-corrected chi connectivity index (χ2v) is 6.87. The number of likely N-dealkylation sites (tertiary alicyclic amines) is 1. The Hall–Kier alpha value is -0.810. The molecule has 1 aliphatic heterocycles. The van der Waals surface area contributed by atoms with Gasteiger partial charge in [-0.2, -0.15) is 0 Å². The maximum absolute atomic E-state index is 11.6. The average molecular weight is 285 g/mol. The largest absolute Gasteiger partial charge is 0.444 e. The van der Waals surface area contributed by atoms with Gasteiger partial charge in [0.2, 0.25) is 0 Å². The van der Waals surface area contributed by atoms with E-state index in [0.29, 0.717) is 6.04 Å². The van der Waals surface area contributed by atoms with Crippen LogP contribution in [0, 0.1) is 0 Å². The third-order valence-corrected chi connectivity index (χ3v) is 3.49. The van der Waals surface area contributed by atoms with E-state index in [-0.39, 0.29) is 12.1 Å². The van der Waals surface area contributed by atoms with Gasteiger partial charge in [-0.3, -0.25) is 0 Å². The lowest BCUT2D eigenvalue weighted by Gasteiger charge is -2.30. The van der Waals surface area contributed by atoms with Crippen molar-refractivity contribution in [3.63, 3.8) is 0 Å². The van der Waals surface area contributed by atoms with Crippen molar-refractivity contribution < 1.29 is 9.53 Å². The molecule has 1 rings (SSSR count). The van der Waals surface area contributed by atoms with Crippen LogP contribution in [0.2, 0.25) is 0 Å². The summed E-state index contributed by atoms with van der Waals surface area (Å²) < 4.78 is 5.24. The summed E-state index contributed by atoms with van der Waals surface area (Å²) in [6.07, 6.45) is 3.02. The number of hydrogen-bond donors (Lipinski definition) is 2. The molecule has 0 bridgehead atoms. The van der Waals surface area contributed by atoms with E-state index in [2.05, 4.69) is 22.6 Å². The van der Waals surface area contributed by atoms with Crippen molar-refractivity contribution in [1.29, 1.82) is 0 Å². The van der Waals surface area contributed by atoms with E-state index in [9.17, 15) is 4.79 Å². The number of rotatable bonds is 5. The molecule has 0 spiro atoms. The van der Waals surface area contributed by atoms with Gasteiger partial charge >= 0.3 is 6.09 Å². The zero-order valence-electron chi connectivity index (χ0n) is 13.7. The van der Waals surface area contributed by atoms with Crippen molar-refractivity contribution in [2.24, 2.45) is 0 Å². The van der Waals surface area contributed by atoms with Crippen molar-refractivity contribution in [1.82, 2.24) is 15.5 Å². The van der Waals surface area contributed by atoms with Crippen LogP contribution in [0.5, 0.6) is 0 Å². The number of hydrogen-bond acceptors (Lipinski definition) is 4. The minimum absolute atomic E-state index is 0.128. The van der Waals surface area contributed by atoms with E-state index < -0.39 is 5.60 Å². The van der Waals surface area contributed by atoms with Gasteiger partial charge in [-0.25, -0.2) is 4.79 Å². The van der Waals surface area contributed by atoms with Crippen molar-refractivity contribution in [3.05, 3.63) is 0 Å². The normalized spacial score (nSPS) is 19.6. The summed E-state index contributed by atoms with van der Waals surface area (Å²) in [5.41, 5.74) is -0.434. The highest BCUT2D eigenvalue weighted by Crippen LogP contribution is 2.09. The number of alkyl carbamates (subject to hydrolysis) is 1. The van der Waals surface area contributed by atoms with E-state index in [1.807, 2.05) is 27.7 Å². The molecule has 5 heteroatoms. The molecule has 1 aliphatic rings. The third kappa shape index (κ3) is 7.70. The topological polar surface area (TPSA) is 53.6 Å². The van der Waals surface area contributed by atoms with Crippen LogP contribution in [0.3, 0.4) is 0 Å². The molecule has 0 radical (unpaired) electrons. The summed E-state index contributed by atoms with van der Waals surface area (Å²) >= 11 is 0. The Morgan fingerprint density at radius 3 is 2.50 bits per heavy atom. The van der Waals surface area contributed by atoms with Gasteiger partial charge in [-0.15, -0.1) is 0 Å². The van der Waals surface area contributed by atoms with E-state index in [4.69, 9.17) is 4.74 Å². The molecule has 1 saturated heterocycles. The summed E-state index contributed by atoms with van der Waals surface area (Å²) in [5, 5.41) is 6.45. The molecular formula is C15H31N3O2. The number of carbonyl (C=O) groups is 1. The van der Waals surface area contributed by atoms with Crippen LogP contribution >= 0.6 is 0 Å². The SMILES string of the molecule is CC(CCNC1CCN(C)CC1)NC(=O)OC(C)(C)C. The fourth-order valence-corrected chi connectivity index (χ4v) is 2.30. The highest BCUT2D eigenvalue weighted by molar-refractivity contribution is 5.67. The number of nitrogens with zero attached hydrogens (tertiary/aromatic N) is 1. The zero-order chi connectivity index (χ0) is 15.2. The van der Waals surface area contributed by atoms with Gasteiger partial charge in [-0.1, -0.05) is 0 Å². The summed E-state index contributed by atoms with van der Waals surface area (Å²) in [5.74, 6) is 0. The second kappa shape index (κ2) is 7.84. The molecule has 1 heterocycles. The molecule has 0 aromatic heterocycles. The van der Waals surface area contributed by atoms with Crippen molar-refractivity contribution in [2.45, 2.75) is 64.6 Å². The van der Waals surface area contributed by atoms with Gasteiger partial charge in [-0.05, 0) is 73.6 Å². The summed E-state index contributed by atoms with van der Waals surface area (Å²) in [6.45, 7) is 10.9. The van der Waals surface area contributed by atoms with E-state index >= 15 is 0 Å². The Kier molecular flexibility index (Phi) is 6.76. The molecule has 1 unspecified atom stereocenters. The van der Waals surface area contributed by atoms with Gasteiger partial charge in [0.15, 0.2) is 0 Å². The molecule has 1 amide bonds. The van der Waals surface area contributed by atoms with Crippen molar-refractivity contribution >= 4 is 6.09 Å². The van der Waals surface area contributed by atoms with E-state index in [0.717, 1.165) is 13.0 Å². The predicted octanol–water partition coefficient (Wildman–Crippen LogP) is 1.97. The van der Waals surface area contributed by atoms with Crippen LogP contribution in [0.4, 0.5) is 4.79 Å². The average Bonchev–Trinajstić information content (AvgIpc) is 2.29. The number of carbonyl (C=O) groups excluding carboxylic acids is 1. The molecule has 0 saturated carbocycles.